The Balaban J connectivity index is 1.55. The minimum absolute atomic E-state index is 0.0546. The van der Waals surface area contributed by atoms with E-state index in [0.717, 1.165) is 35.8 Å². The Labute approximate surface area is 270 Å². The van der Waals surface area contributed by atoms with Crippen molar-refractivity contribution in [3.8, 4) is 10.8 Å². The number of esters is 1. The summed E-state index contributed by atoms with van der Waals surface area (Å²) in [6.07, 6.45) is 6.21. The molecule has 0 spiro atoms. The first-order chi connectivity index (χ1) is 21.8. The van der Waals surface area contributed by atoms with E-state index < -0.39 is 34.5 Å². The number of fused-ring (bicyclic) bond motifs is 3. The molecule has 13 heteroatoms. The maximum atomic E-state index is 14.6. The second kappa shape index (κ2) is 12.1. The highest BCUT2D eigenvalue weighted by atomic mass is 32.1. The number of hydrogen-bond donors (Lipinski definition) is 0. The van der Waals surface area contributed by atoms with Crippen molar-refractivity contribution in [2.24, 2.45) is 0 Å². The Kier molecular flexibility index (Phi) is 8.45. The third kappa shape index (κ3) is 5.91. The summed E-state index contributed by atoms with van der Waals surface area (Å²) in [5.41, 5.74) is -2.32. The average molecular weight is 652 g/mol. The molecule has 46 heavy (non-hydrogen) atoms. The minimum atomic E-state index is -1.63. The quantitative estimate of drug-likeness (QED) is 0.237. The largest absolute Gasteiger partial charge is 0.496 e. The minimum Gasteiger partial charge on any atom is -0.496 e. The van der Waals surface area contributed by atoms with E-state index in [1.54, 1.807) is 51.8 Å². The van der Waals surface area contributed by atoms with E-state index in [1.165, 1.54) is 30.0 Å². The van der Waals surface area contributed by atoms with Crippen molar-refractivity contribution in [3.63, 3.8) is 0 Å². The lowest BCUT2D eigenvalue weighted by Crippen LogP contribution is -2.54. The molecule has 4 atom stereocenters. The molecule has 2 unspecified atom stereocenters. The predicted octanol–water partition coefficient (Wildman–Crippen LogP) is 4.67. The van der Waals surface area contributed by atoms with Crippen LogP contribution in [0.1, 0.15) is 77.5 Å². The molecule has 246 valence electrons. The van der Waals surface area contributed by atoms with Gasteiger partial charge in [0, 0.05) is 11.1 Å². The summed E-state index contributed by atoms with van der Waals surface area (Å²) in [7, 11) is 1.60. The monoisotopic (exact) mass is 651 g/mol. The van der Waals surface area contributed by atoms with Gasteiger partial charge in [-0.2, -0.15) is 10.2 Å². The van der Waals surface area contributed by atoms with Crippen LogP contribution in [0.5, 0.6) is 5.75 Å². The fourth-order valence-electron chi connectivity index (χ4n) is 6.46. The number of methoxy groups -OCH3 is 1. The second-order valence-electron chi connectivity index (χ2n) is 13.5. The van der Waals surface area contributed by atoms with Crippen molar-refractivity contribution in [1.29, 1.82) is 0 Å². The first-order valence-corrected chi connectivity index (χ1v) is 16.4. The zero-order valence-corrected chi connectivity index (χ0v) is 28.1. The molecule has 12 nitrogen and oxygen atoms in total. The van der Waals surface area contributed by atoms with Gasteiger partial charge in [-0.1, -0.05) is 29.5 Å². The van der Waals surface area contributed by atoms with Gasteiger partial charge in [0.1, 0.15) is 32.8 Å². The number of thiophene rings is 1. The molecule has 4 aromatic rings. The van der Waals surface area contributed by atoms with Gasteiger partial charge in [-0.25, -0.2) is 14.2 Å². The predicted molar refractivity (Wildman–Crippen MR) is 173 cm³/mol. The molecule has 2 fully saturated rings. The molecule has 6 rings (SSSR count). The van der Waals surface area contributed by atoms with Gasteiger partial charge in [0.25, 0.3) is 5.56 Å². The highest BCUT2D eigenvalue weighted by Crippen LogP contribution is 2.39. The van der Waals surface area contributed by atoms with E-state index in [9.17, 15) is 14.4 Å². The molecule has 0 saturated carbocycles. The smallest absolute Gasteiger partial charge is 0.333 e. The number of ether oxygens (including phenoxy) is 4. The molecule has 0 radical (unpaired) electrons. The van der Waals surface area contributed by atoms with Gasteiger partial charge in [0.15, 0.2) is 0 Å². The zero-order chi connectivity index (χ0) is 33.0. The molecule has 3 aromatic heterocycles. The van der Waals surface area contributed by atoms with Crippen LogP contribution in [-0.4, -0.2) is 61.1 Å². The second-order valence-corrected chi connectivity index (χ2v) is 14.5. The highest BCUT2D eigenvalue weighted by molar-refractivity contribution is 7.21. The third-order valence-electron chi connectivity index (χ3n) is 8.68. The summed E-state index contributed by atoms with van der Waals surface area (Å²) in [5, 5.41) is 9.46. The van der Waals surface area contributed by atoms with Gasteiger partial charge in [0.2, 0.25) is 0 Å². The number of rotatable bonds is 9. The molecule has 0 N–H and O–H groups in total. The number of carbonyl (C=O) groups excluding carboxylic acids is 1. The van der Waals surface area contributed by atoms with E-state index in [4.69, 9.17) is 18.9 Å². The summed E-state index contributed by atoms with van der Waals surface area (Å²) in [4.78, 5) is 44.4. The summed E-state index contributed by atoms with van der Waals surface area (Å²) < 4.78 is 26.9. The Hall–Kier alpha value is -3.81. The Morgan fingerprint density at radius 2 is 1.72 bits per heavy atom. The standard InChI is InChI=1S/C33H41N5O7S/c1-19-26-27(39)37(33(5,6)30(40)45-32(2,3)4)31(41)36(29(26)46-28(19)38-34-14-15-35-38)18-25(23-10-8-9-11-24(23)42-7)44-22-16-20-12-13-21(17-22)43-20/h8-11,14-15,20-22,25H,12-13,16-18H2,1-7H3/t20-,21+,22?,25?. The summed E-state index contributed by atoms with van der Waals surface area (Å²) >= 11 is 1.24. The molecule has 0 aliphatic carbocycles. The number of aryl methyl sites for hydroxylation is 1. The van der Waals surface area contributed by atoms with Crippen LogP contribution in [0.3, 0.4) is 0 Å². The van der Waals surface area contributed by atoms with Crippen LogP contribution < -0.4 is 16.0 Å². The van der Waals surface area contributed by atoms with Crippen LogP contribution in [0.25, 0.3) is 15.2 Å². The van der Waals surface area contributed by atoms with Gasteiger partial charge in [-0.05, 0) is 73.3 Å². The molecule has 2 bridgehead atoms. The van der Waals surface area contributed by atoms with Crippen LogP contribution in [0.15, 0.2) is 46.2 Å². The number of hydrogen-bond acceptors (Lipinski definition) is 10. The van der Waals surface area contributed by atoms with Crippen LogP contribution in [0.4, 0.5) is 0 Å². The Morgan fingerprint density at radius 1 is 1.07 bits per heavy atom. The number of benzene rings is 1. The molecular formula is C33H41N5O7S. The lowest BCUT2D eigenvalue weighted by Gasteiger charge is -2.33. The average Bonchev–Trinajstić information content (AvgIpc) is 3.72. The van der Waals surface area contributed by atoms with E-state index in [2.05, 4.69) is 10.2 Å². The van der Waals surface area contributed by atoms with Gasteiger partial charge in [0.05, 0.1) is 49.7 Å². The lowest BCUT2D eigenvalue weighted by atomic mass is 10.0. The maximum Gasteiger partial charge on any atom is 0.333 e. The number of carbonyl (C=O) groups is 1. The van der Waals surface area contributed by atoms with Crippen LogP contribution in [0, 0.1) is 6.92 Å². The normalized spacial score (nSPS) is 20.6. The molecule has 0 amide bonds. The number of nitrogens with zero attached hydrogens (tertiary/aromatic N) is 5. The molecule has 1 aromatic carbocycles. The molecule has 2 aliphatic rings. The zero-order valence-electron chi connectivity index (χ0n) is 27.3. The Morgan fingerprint density at radius 3 is 2.35 bits per heavy atom. The van der Waals surface area contributed by atoms with Gasteiger partial charge >= 0.3 is 11.7 Å². The van der Waals surface area contributed by atoms with E-state index in [0.29, 0.717) is 26.5 Å². The van der Waals surface area contributed by atoms with Crippen molar-refractivity contribution < 1.29 is 23.7 Å². The molecule has 5 heterocycles. The van der Waals surface area contributed by atoms with Crippen molar-refractivity contribution in [3.05, 3.63) is 68.6 Å². The van der Waals surface area contributed by atoms with E-state index >= 15 is 0 Å². The number of aromatic nitrogens is 5. The highest BCUT2D eigenvalue weighted by Gasteiger charge is 2.40. The maximum absolute atomic E-state index is 14.6. The third-order valence-corrected chi connectivity index (χ3v) is 9.96. The molecule has 2 aliphatic heterocycles. The summed E-state index contributed by atoms with van der Waals surface area (Å²) in [6.45, 7) is 10.1. The number of para-hydroxylation sites is 1. The van der Waals surface area contributed by atoms with Crippen molar-refractivity contribution in [2.75, 3.05) is 7.11 Å². The van der Waals surface area contributed by atoms with Gasteiger partial charge < -0.3 is 18.9 Å². The van der Waals surface area contributed by atoms with Crippen LogP contribution in [-0.2, 0) is 31.1 Å². The lowest BCUT2D eigenvalue weighted by molar-refractivity contribution is -0.164. The topological polar surface area (TPSA) is 129 Å². The van der Waals surface area contributed by atoms with Crippen LogP contribution >= 0.6 is 11.3 Å². The fourth-order valence-corrected chi connectivity index (χ4v) is 7.68. The van der Waals surface area contributed by atoms with Crippen molar-refractivity contribution >= 4 is 27.5 Å². The van der Waals surface area contributed by atoms with Crippen molar-refractivity contribution in [2.45, 2.75) is 109 Å². The van der Waals surface area contributed by atoms with Gasteiger partial charge in [-0.15, -0.1) is 4.80 Å². The Bertz CT molecular complexity index is 1860. The fraction of sp³-hybridized carbons (Fsp3) is 0.545. The SMILES string of the molecule is COc1ccccc1C(Cn1c(=O)n(C(C)(C)C(=O)OC(C)(C)C)c(=O)c2c(C)c(-n3nccn3)sc21)OC1C[C@H]2CC[C@@H](C1)O2. The first-order valence-electron chi connectivity index (χ1n) is 15.6. The first kappa shape index (κ1) is 32.1. The molecular weight excluding hydrogens is 610 g/mol. The summed E-state index contributed by atoms with van der Waals surface area (Å²) in [6, 6.07) is 7.58. The van der Waals surface area contributed by atoms with Gasteiger partial charge in [-0.3, -0.25) is 9.36 Å². The summed E-state index contributed by atoms with van der Waals surface area (Å²) in [5.74, 6) is -0.0693. The van der Waals surface area contributed by atoms with Crippen molar-refractivity contribution in [1.82, 2.24) is 24.1 Å². The van der Waals surface area contributed by atoms with E-state index in [1.807, 2.05) is 24.3 Å². The van der Waals surface area contributed by atoms with E-state index in [-0.39, 0.29) is 24.9 Å². The van der Waals surface area contributed by atoms with Crippen LogP contribution in [0.2, 0.25) is 0 Å². The molecule has 2 saturated heterocycles.